The van der Waals surface area contributed by atoms with Crippen molar-refractivity contribution in [3.8, 4) is 0 Å². The Labute approximate surface area is 117 Å². The molecule has 0 aromatic carbocycles. The van der Waals surface area contributed by atoms with E-state index in [0.717, 1.165) is 5.57 Å². The van der Waals surface area contributed by atoms with Crippen LogP contribution in [0.15, 0.2) is 23.1 Å². The maximum atomic E-state index is 13.6. The van der Waals surface area contributed by atoms with Gasteiger partial charge in [0.05, 0.1) is 0 Å². The monoisotopic (exact) mass is 285 g/mol. The Balaban J connectivity index is 2.71. The largest absolute Gasteiger partial charge is 0.388 e. The number of aliphatic imine (C=N–C) groups is 1. The van der Waals surface area contributed by atoms with Crippen molar-refractivity contribution in [1.29, 1.82) is 0 Å². The van der Waals surface area contributed by atoms with E-state index < -0.39 is 5.82 Å². The number of hydrogen-bond acceptors (Lipinski definition) is 5. The van der Waals surface area contributed by atoms with E-state index in [-0.39, 0.29) is 11.0 Å². The molecule has 0 saturated heterocycles. The van der Waals surface area contributed by atoms with Crippen LogP contribution in [0.5, 0.6) is 0 Å². The molecule has 0 aliphatic heterocycles. The van der Waals surface area contributed by atoms with Gasteiger partial charge in [-0.2, -0.15) is 4.39 Å². The van der Waals surface area contributed by atoms with Gasteiger partial charge in [0.25, 0.3) is 0 Å². The molecule has 0 saturated carbocycles. The average Bonchev–Trinajstić information content (AvgIpc) is 2.37. The lowest BCUT2D eigenvalue weighted by Crippen LogP contribution is -2.19. The average molecular weight is 286 g/mol. The molecule has 5 nitrogen and oxygen atoms in total. The molecule has 0 bridgehead atoms. The highest BCUT2D eigenvalue weighted by molar-refractivity contribution is 6.29. The highest BCUT2D eigenvalue weighted by Crippen LogP contribution is 2.16. The van der Waals surface area contributed by atoms with E-state index in [9.17, 15) is 4.39 Å². The van der Waals surface area contributed by atoms with Gasteiger partial charge in [0.2, 0.25) is 5.82 Å². The van der Waals surface area contributed by atoms with Crippen molar-refractivity contribution in [2.24, 2.45) is 4.99 Å². The maximum absolute atomic E-state index is 13.6. The zero-order chi connectivity index (χ0) is 14.3. The van der Waals surface area contributed by atoms with Gasteiger partial charge in [-0.3, -0.25) is 4.99 Å². The molecule has 1 aromatic heterocycles. The Bertz CT molecular complexity index is 473. The molecule has 7 heteroatoms. The summed E-state index contributed by atoms with van der Waals surface area (Å²) in [7, 11) is 1.67. The van der Waals surface area contributed by atoms with Gasteiger partial charge < -0.3 is 10.6 Å². The van der Waals surface area contributed by atoms with Crippen LogP contribution in [0, 0.1) is 5.82 Å². The summed E-state index contributed by atoms with van der Waals surface area (Å²) < 4.78 is 13.6. The fourth-order valence-electron chi connectivity index (χ4n) is 1.23. The van der Waals surface area contributed by atoms with Crippen molar-refractivity contribution in [1.82, 2.24) is 15.3 Å². The molecule has 1 heterocycles. The summed E-state index contributed by atoms with van der Waals surface area (Å²) in [6.07, 6.45) is 4.71. The van der Waals surface area contributed by atoms with Gasteiger partial charge in [-0.1, -0.05) is 11.6 Å². The zero-order valence-electron chi connectivity index (χ0n) is 11.1. The summed E-state index contributed by atoms with van der Waals surface area (Å²) in [5.41, 5.74) is 0.866. The minimum absolute atomic E-state index is 0.0694. The van der Waals surface area contributed by atoms with E-state index >= 15 is 0 Å². The molecule has 0 aliphatic carbocycles. The van der Waals surface area contributed by atoms with Gasteiger partial charge >= 0.3 is 0 Å². The minimum Gasteiger partial charge on any atom is -0.388 e. The van der Waals surface area contributed by atoms with Crippen LogP contribution in [0.1, 0.15) is 13.8 Å². The second-order valence-electron chi connectivity index (χ2n) is 4.11. The van der Waals surface area contributed by atoms with Crippen molar-refractivity contribution in [3.63, 3.8) is 0 Å². The van der Waals surface area contributed by atoms with Gasteiger partial charge in [-0.15, -0.1) is 0 Å². The smallest absolute Gasteiger partial charge is 0.202 e. The summed E-state index contributed by atoms with van der Waals surface area (Å²) >= 11 is 5.57. The summed E-state index contributed by atoms with van der Waals surface area (Å²) in [5, 5.41) is 5.80. The fraction of sp³-hybridized carbons (Fsp3) is 0.417. The lowest BCUT2D eigenvalue weighted by atomic mass is 10.3. The van der Waals surface area contributed by atoms with Crippen molar-refractivity contribution in [2.75, 3.05) is 18.9 Å². The zero-order valence-corrected chi connectivity index (χ0v) is 11.9. The lowest BCUT2D eigenvalue weighted by Gasteiger charge is -2.09. The van der Waals surface area contributed by atoms with E-state index in [1.165, 1.54) is 6.33 Å². The predicted molar refractivity (Wildman–Crippen MR) is 76.3 cm³/mol. The number of nitrogens with zero attached hydrogens (tertiary/aromatic N) is 3. The Hall–Kier alpha value is -1.69. The molecule has 2 N–H and O–H groups in total. The SMILES string of the molecule is CN=CC(=CNC(C)C)CNc1ncnc(Cl)c1F. The van der Waals surface area contributed by atoms with Crippen molar-refractivity contribution in [3.05, 3.63) is 29.1 Å². The highest BCUT2D eigenvalue weighted by atomic mass is 35.5. The van der Waals surface area contributed by atoms with E-state index in [2.05, 4.69) is 25.6 Å². The Kier molecular flexibility index (Phi) is 6.21. The highest BCUT2D eigenvalue weighted by Gasteiger charge is 2.08. The summed E-state index contributed by atoms with van der Waals surface area (Å²) in [6, 6.07) is 0.311. The summed E-state index contributed by atoms with van der Waals surface area (Å²) in [5.74, 6) is -0.589. The summed E-state index contributed by atoms with van der Waals surface area (Å²) in [6.45, 7) is 4.42. The number of nitrogens with one attached hydrogen (secondary N) is 2. The number of halogens is 2. The van der Waals surface area contributed by atoms with Crippen molar-refractivity contribution in [2.45, 2.75) is 19.9 Å². The Morgan fingerprint density at radius 2 is 2.26 bits per heavy atom. The predicted octanol–water partition coefficient (Wildman–Crippen LogP) is 2.26. The number of anilines is 1. The van der Waals surface area contributed by atoms with Gasteiger partial charge in [0.15, 0.2) is 11.0 Å². The summed E-state index contributed by atoms with van der Waals surface area (Å²) in [4.78, 5) is 11.3. The van der Waals surface area contributed by atoms with Crippen molar-refractivity contribution >= 4 is 23.6 Å². The first-order chi connectivity index (χ1) is 9.04. The van der Waals surface area contributed by atoms with Crippen LogP contribution < -0.4 is 10.6 Å². The van der Waals surface area contributed by atoms with Crippen LogP contribution in [0.4, 0.5) is 10.2 Å². The quantitative estimate of drug-likeness (QED) is 0.622. The van der Waals surface area contributed by atoms with E-state index in [4.69, 9.17) is 11.6 Å². The second-order valence-corrected chi connectivity index (χ2v) is 4.47. The molecule has 104 valence electrons. The third-order valence-electron chi connectivity index (χ3n) is 2.10. The van der Waals surface area contributed by atoms with E-state index in [1.807, 2.05) is 20.0 Å². The van der Waals surface area contributed by atoms with Gasteiger partial charge in [-0.25, -0.2) is 9.97 Å². The molecule has 19 heavy (non-hydrogen) atoms. The van der Waals surface area contributed by atoms with Gasteiger partial charge in [0, 0.05) is 37.6 Å². The number of rotatable bonds is 6. The number of hydrogen-bond donors (Lipinski definition) is 2. The molecule has 1 rings (SSSR count). The van der Waals surface area contributed by atoms with Crippen LogP contribution in [0.3, 0.4) is 0 Å². The van der Waals surface area contributed by atoms with Gasteiger partial charge in [-0.05, 0) is 13.8 Å². The second kappa shape index (κ2) is 7.68. The van der Waals surface area contributed by atoms with Crippen LogP contribution in [0.25, 0.3) is 0 Å². The molecule has 0 spiro atoms. The minimum atomic E-state index is -0.659. The Morgan fingerprint density at radius 1 is 1.53 bits per heavy atom. The molecule has 1 aromatic rings. The lowest BCUT2D eigenvalue weighted by molar-refractivity contribution is 0.618. The first kappa shape index (κ1) is 15.4. The van der Waals surface area contributed by atoms with Crippen LogP contribution in [-0.4, -0.2) is 35.8 Å². The van der Waals surface area contributed by atoms with Gasteiger partial charge in [0.1, 0.15) is 6.33 Å². The third kappa shape index (κ3) is 5.21. The molecule has 0 aliphatic rings. The van der Waals surface area contributed by atoms with Crippen LogP contribution >= 0.6 is 11.6 Å². The van der Waals surface area contributed by atoms with E-state index in [0.29, 0.717) is 12.6 Å². The molecule has 0 atom stereocenters. The Morgan fingerprint density at radius 3 is 2.89 bits per heavy atom. The topological polar surface area (TPSA) is 62.2 Å². The normalized spacial score (nSPS) is 12.2. The third-order valence-corrected chi connectivity index (χ3v) is 2.37. The molecule has 0 unspecified atom stereocenters. The van der Waals surface area contributed by atoms with Crippen LogP contribution in [0.2, 0.25) is 5.15 Å². The molecule has 0 radical (unpaired) electrons. The van der Waals surface area contributed by atoms with Crippen molar-refractivity contribution < 1.29 is 4.39 Å². The fourth-order valence-corrected chi connectivity index (χ4v) is 1.36. The molecule has 0 fully saturated rings. The first-order valence-electron chi connectivity index (χ1n) is 5.81. The standard InChI is InChI=1S/C12H17ClFN5/c1-8(2)16-5-9(4-15-3)6-17-12-10(14)11(13)18-7-19-12/h4-5,7-8,16H,6H2,1-3H3,(H,17,18,19). The molecular formula is C12H17ClFN5. The molecular weight excluding hydrogens is 269 g/mol. The molecule has 0 amide bonds. The van der Waals surface area contributed by atoms with Crippen LogP contribution in [-0.2, 0) is 0 Å². The van der Waals surface area contributed by atoms with E-state index in [1.54, 1.807) is 13.3 Å². The maximum Gasteiger partial charge on any atom is 0.202 e. The number of aromatic nitrogens is 2. The first-order valence-corrected chi connectivity index (χ1v) is 6.19.